The van der Waals surface area contributed by atoms with Crippen molar-refractivity contribution in [3.8, 4) is 0 Å². The summed E-state index contributed by atoms with van der Waals surface area (Å²) in [7, 11) is 0. The normalized spacial score (nSPS) is 23.0. The molecule has 0 spiro atoms. The summed E-state index contributed by atoms with van der Waals surface area (Å²) in [6.07, 6.45) is 1.75. The molecule has 0 aliphatic carbocycles. The number of nitrogens with one attached hydrogen (secondary N) is 1. The smallest absolute Gasteiger partial charge is 0.264 e. The minimum Gasteiger partial charge on any atom is -0.382 e. The molecule has 1 unspecified atom stereocenters. The number of benzene rings is 1. The topological polar surface area (TPSA) is 59.9 Å². The average Bonchev–Trinajstić information content (AvgIpc) is 2.99. The third-order valence-electron chi connectivity index (χ3n) is 3.64. The zero-order valence-electron chi connectivity index (χ0n) is 11.2. The molecule has 1 aromatic rings. The fourth-order valence-corrected chi connectivity index (χ4v) is 2.46. The Balaban J connectivity index is 1.54. The third kappa shape index (κ3) is 2.99. The van der Waals surface area contributed by atoms with Crippen molar-refractivity contribution < 1.29 is 14.4 Å². The highest BCUT2D eigenvalue weighted by Crippen LogP contribution is 2.17. The Morgan fingerprint density at radius 1 is 1.20 bits per heavy atom. The molecule has 5 nitrogen and oxygen atoms in total. The van der Waals surface area contributed by atoms with Gasteiger partial charge < -0.3 is 14.9 Å². The predicted octanol–water partition coefficient (Wildman–Crippen LogP) is 1.47. The maximum Gasteiger partial charge on any atom is 0.264 e. The SMILES string of the molecule is O=C(NC1CCOCC1)C1CC(c2ccccc2)=NO1. The van der Waals surface area contributed by atoms with Crippen molar-refractivity contribution in [2.45, 2.75) is 31.4 Å². The molecule has 2 heterocycles. The van der Waals surface area contributed by atoms with Crippen LogP contribution in [-0.2, 0) is 14.4 Å². The van der Waals surface area contributed by atoms with Crippen LogP contribution in [-0.4, -0.2) is 37.0 Å². The first-order chi connectivity index (χ1) is 9.83. The van der Waals surface area contributed by atoms with E-state index in [1.165, 1.54) is 0 Å². The van der Waals surface area contributed by atoms with Crippen molar-refractivity contribution in [2.75, 3.05) is 13.2 Å². The highest BCUT2D eigenvalue weighted by Gasteiger charge is 2.30. The number of nitrogens with zero attached hydrogens (tertiary/aromatic N) is 1. The molecule has 0 saturated carbocycles. The fraction of sp³-hybridized carbons (Fsp3) is 0.467. The number of rotatable bonds is 3. The molecule has 0 aromatic heterocycles. The molecule has 20 heavy (non-hydrogen) atoms. The van der Waals surface area contributed by atoms with Gasteiger partial charge in [0, 0.05) is 25.7 Å². The molecule has 0 bridgehead atoms. The van der Waals surface area contributed by atoms with Crippen molar-refractivity contribution in [1.29, 1.82) is 0 Å². The van der Waals surface area contributed by atoms with Gasteiger partial charge in [-0.25, -0.2) is 0 Å². The lowest BCUT2D eigenvalue weighted by Gasteiger charge is -2.23. The maximum absolute atomic E-state index is 12.1. The summed E-state index contributed by atoms with van der Waals surface area (Å²) in [6, 6.07) is 10.00. The van der Waals surface area contributed by atoms with E-state index in [1.54, 1.807) is 0 Å². The molecule has 1 N–H and O–H groups in total. The molecule has 1 saturated heterocycles. The fourth-order valence-electron chi connectivity index (χ4n) is 2.46. The number of hydrogen-bond acceptors (Lipinski definition) is 4. The predicted molar refractivity (Wildman–Crippen MR) is 74.5 cm³/mol. The molecule has 1 amide bonds. The van der Waals surface area contributed by atoms with E-state index < -0.39 is 6.10 Å². The van der Waals surface area contributed by atoms with Gasteiger partial charge in [-0.1, -0.05) is 35.5 Å². The van der Waals surface area contributed by atoms with E-state index in [-0.39, 0.29) is 11.9 Å². The third-order valence-corrected chi connectivity index (χ3v) is 3.64. The van der Waals surface area contributed by atoms with Gasteiger partial charge in [0.25, 0.3) is 5.91 Å². The monoisotopic (exact) mass is 274 g/mol. The quantitative estimate of drug-likeness (QED) is 0.908. The van der Waals surface area contributed by atoms with Crippen molar-refractivity contribution in [3.05, 3.63) is 35.9 Å². The Bertz CT molecular complexity index is 495. The van der Waals surface area contributed by atoms with Crippen LogP contribution in [0.15, 0.2) is 35.5 Å². The van der Waals surface area contributed by atoms with Crippen LogP contribution in [0.25, 0.3) is 0 Å². The van der Waals surface area contributed by atoms with Gasteiger partial charge in [-0.2, -0.15) is 0 Å². The first-order valence-corrected chi connectivity index (χ1v) is 6.99. The first-order valence-electron chi connectivity index (χ1n) is 6.99. The highest BCUT2D eigenvalue weighted by molar-refractivity contribution is 6.04. The second kappa shape index (κ2) is 6.05. The van der Waals surface area contributed by atoms with Crippen LogP contribution in [0, 0.1) is 0 Å². The van der Waals surface area contributed by atoms with Crippen LogP contribution < -0.4 is 5.32 Å². The summed E-state index contributed by atoms with van der Waals surface area (Å²) in [6.45, 7) is 1.42. The number of carbonyl (C=O) groups excluding carboxylic acids is 1. The largest absolute Gasteiger partial charge is 0.382 e. The van der Waals surface area contributed by atoms with E-state index in [2.05, 4.69) is 10.5 Å². The van der Waals surface area contributed by atoms with Crippen molar-refractivity contribution in [1.82, 2.24) is 5.32 Å². The zero-order chi connectivity index (χ0) is 13.8. The minimum absolute atomic E-state index is 0.0772. The molecule has 3 rings (SSSR count). The molecule has 0 radical (unpaired) electrons. The lowest BCUT2D eigenvalue weighted by Crippen LogP contribution is -2.44. The van der Waals surface area contributed by atoms with Gasteiger partial charge in [0.2, 0.25) is 6.10 Å². The standard InChI is InChI=1S/C15H18N2O3/c18-15(16-12-6-8-19-9-7-12)14-10-13(17-20-14)11-4-2-1-3-5-11/h1-5,12,14H,6-10H2,(H,16,18). The summed E-state index contributed by atoms with van der Waals surface area (Å²) in [5.74, 6) is -0.0772. The van der Waals surface area contributed by atoms with Crippen LogP contribution in [0.4, 0.5) is 0 Å². The van der Waals surface area contributed by atoms with Crippen LogP contribution in [0.3, 0.4) is 0 Å². The Morgan fingerprint density at radius 2 is 1.95 bits per heavy atom. The van der Waals surface area contributed by atoms with E-state index in [9.17, 15) is 4.79 Å². The number of amides is 1. The first kappa shape index (κ1) is 13.1. The number of ether oxygens (including phenoxy) is 1. The number of carbonyl (C=O) groups is 1. The highest BCUT2D eigenvalue weighted by atomic mass is 16.6. The minimum atomic E-state index is -0.506. The Hall–Kier alpha value is -1.88. The lowest BCUT2D eigenvalue weighted by molar-refractivity contribution is -0.132. The Kier molecular flexibility index (Phi) is 3.97. The number of oxime groups is 1. The number of hydrogen-bond donors (Lipinski definition) is 1. The lowest BCUT2D eigenvalue weighted by atomic mass is 10.0. The maximum atomic E-state index is 12.1. The van der Waals surface area contributed by atoms with Crippen molar-refractivity contribution >= 4 is 11.6 Å². The Labute approximate surface area is 117 Å². The van der Waals surface area contributed by atoms with Gasteiger partial charge in [0.15, 0.2) is 0 Å². The van der Waals surface area contributed by atoms with E-state index in [1.807, 2.05) is 30.3 Å². The van der Waals surface area contributed by atoms with Crippen LogP contribution in [0.2, 0.25) is 0 Å². The second-order valence-electron chi connectivity index (χ2n) is 5.10. The summed E-state index contributed by atoms with van der Waals surface area (Å²) in [4.78, 5) is 17.4. The van der Waals surface area contributed by atoms with E-state index in [0.717, 1.165) is 24.1 Å². The molecule has 1 atom stereocenters. The molecule has 5 heteroatoms. The molecule has 106 valence electrons. The van der Waals surface area contributed by atoms with Crippen LogP contribution in [0.1, 0.15) is 24.8 Å². The van der Waals surface area contributed by atoms with Crippen LogP contribution >= 0.6 is 0 Å². The van der Waals surface area contributed by atoms with Crippen molar-refractivity contribution in [3.63, 3.8) is 0 Å². The summed E-state index contributed by atoms with van der Waals surface area (Å²) in [5.41, 5.74) is 1.84. The van der Waals surface area contributed by atoms with Gasteiger partial charge in [0.05, 0.1) is 5.71 Å². The summed E-state index contributed by atoms with van der Waals surface area (Å²) < 4.78 is 5.28. The average molecular weight is 274 g/mol. The van der Waals surface area contributed by atoms with Gasteiger partial charge in [-0.3, -0.25) is 4.79 Å². The van der Waals surface area contributed by atoms with E-state index >= 15 is 0 Å². The summed E-state index contributed by atoms with van der Waals surface area (Å²) in [5, 5.41) is 7.05. The molecule has 2 aliphatic heterocycles. The van der Waals surface area contributed by atoms with Crippen molar-refractivity contribution in [2.24, 2.45) is 5.16 Å². The molecule has 2 aliphatic rings. The van der Waals surface area contributed by atoms with Gasteiger partial charge in [-0.05, 0) is 18.4 Å². The Morgan fingerprint density at radius 3 is 2.70 bits per heavy atom. The molecular formula is C15H18N2O3. The van der Waals surface area contributed by atoms with E-state index in [0.29, 0.717) is 19.6 Å². The van der Waals surface area contributed by atoms with Gasteiger partial charge in [-0.15, -0.1) is 0 Å². The van der Waals surface area contributed by atoms with E-state index in [4.69, 9.17) is 9.57 Å². The second-order valence-corrected chi connectivity index (χ2v) is 5.10. The molecule has 1 aromatic carbocycles. The van der Waals surface area contributed by atoms with Gasteiger partial charge in [0.1, 0.15) is 0 Å². The zero-order valence-corrected chi connectivity index (χ0v) is 11.2. The molecular weight excluding hydrogens is 256 g/mol. The van der Waals surface area contributed by atoms with Gasteiger partial charge >= 0.3 is 0 Å². The van der Waals surface area contributed by atoms with Crippen LogP contribution in [0.5, 0.6) is 0 Å². The summed E-state index contributed by atoms with van der Waals surface area (Å²) >= 11 is 0. The molecule has 1 fully saturated rings.